The van der Waals surface area contributed by atoms with E-state index in [0.717, 1.165) is 36.9 Å². The van der Waals surface area contributed by atoms with E-state index in [1.807, 2.05) is 58.3 Å². The Balaban J connectivity index is 1.49. The number of aliphatic hydroxyl groups excluding tert-OH is 1. The second kappa shape index (κ2) is 10.4. The Kier molecular flexibility index (Phi) is 7.33. The van der Waals surface area contributed by atoms with Gasteiger partial charge in [-0.3, -0.25) is 9.69 Å². The summed E-state index contributed by atoms with van der Waals surface area (Å²) in [5.41, 5.74) is 2.38. The van der Waals surface area contributed by atoms with Gasteiger partial charge in [-0.05, 0) is 68.0 Å². The second-order valence-corrected chi connectivity index (χ2v) is 8.98. The smallest absolute Gasteiger partial charge is 0.324 e. The van der Waals surface area contributed by atoms with E-state index in [4.69, 9.17) is 11.6 Å². The third-order valence-electron chi connectivity index (χ3n) is 6.35. The van der Waals surface area contributed by atoms with Gasteiger partial charge in [-0.2, -0.15) is 0 Å². The molecular formula is C25H30ClN3O3. The molecule has 2 aromatic carbocycles. The molecule has 1 N–H and O–H groups in total. The van der Waals surface area contributed by atoms with Gasteiger partial charge in [-0.1, -0.05) is 29.8 Å². The standard InChI is InChI=1S/C25H30ClN3O3/c26-21-10-8-19(9-11-21)18-27-13-4-15-29(25(27)32)23-7-3-5-20(17-23)24(31)28-14-2-1-6-22(28)12-16-30/h3,5,7-11,17,22,30H,1-2,4,6,12-16,18H2. The number of hydrogen-bond donors (Lipinski definition) is 1. The monoisotopic (exact) mass is 455 g/mol. The fourth-order valence-electron chi connectivity index (χ4n) is 4.67. The highest BCUT2D eigenvalue weighted by Crippen LogP contribution is 2.26. The molecule has 1 atom stereocenters. The van der Waals surface area contributed by atoms with E-state index >= 15 is 0 Å². The third-order valence-corrected chi connectivity index (χ3v) is 6.60. The van der Waals surface area contributed by atoms with E-state index in [1.165, 1.54) is 0 Å². The van der Waals surface area contributed by atoms with Crippen LogP contribution in [0.5, 0.6) is 0 Å². The summed E-state index contributed by atoms with van der Waals surface area (Å²) in [4.78, 5) is 32.0. The summed E-state index contributed by atoms with van der Waals surface area (Å²) in [6.07, 6.45) is 4.46. The number of amides is 3. The largest absolute Gasteiger partial charge is 0.396 e. The normalized spacial score (nSPS) is 19.4. The first-order chi connectivity index (χ1) is 15.6. The maximum atomic E-state index is 13.3. The van der Waals surface area contributed by atoms with Crippen molar-refractivity contribution < 1.29 is 14.7 Å². The van der Waals surface area contributed by atoms with Crippen molar-refractivity contribution in [1.82, 2.24) is 9.80 Å². The Labute approximate surface area is 194 Å². The van der Waals surface area contributed by atoms with Gasteiger partial charge < -0.3 is 14.9 Å². The first kappa shape index (κ1) is 22.6. The van der Waals surface area contributed by atoms with Gasteiger partial charge >= 0.3 is 6.03 Å². The van der Waals surface area contributed by atoms with Crippen LogP contribution in [-0.4, -0.2) is 59.1 Å². The lowest BCUT2D eigenvalue weighted by molar-refractivity contribution is 0.0574. The van der Waals surface area contributed by atoms with Gasteiger partial charge in [0.25, 0.3) is 5.91 Å². The van der Waals surface area contributed by atoms with Crippen molar-refractivity contribution in [2.45, 2.75) is 44.7 Å². The van der Waals surface area contributed by atoms with Crippen molar-refractivity contribution in [3.05, 3.63) is 64.7 Å². The Morgan fingerprint density at radius 2 is 1.84 bits per heavy atom. The molecule has 32 heavy (non-hydrogen) atoms. The number of nitrogens with zero attached hydrogens (tertiary/aromatic N) is 3. The highest BCUT2D eigenvalue weighted by Gasteiger charge is 2.29. The van der Waals surface area contributed by atoms with Crippen LogP contribution in [-0.2, 0) is 6.54 Å². The van der Waals surface area contributed by atoms with E-state index in [0.29, 0.717) is 43.2 Å². The molecule has 2 aromatic rings. The van der Waals surface area contributed by atoms with Crippen LogP contribution < -0.4 is 4.90 Å². The zero-order valence-electron chi connectivity index (χ0n) is 18.3. The van der Waals surface area contributed by atoms with E-state index in [1.54, 1.807) is 4.90 Å². The lowest BCUT2D eigenvalue weighted by atomic mass is 9.98. The van der Waals surface area contributed by atoms with Gasteiger partial charge in [0.15, 0.2) is 0 Å². The van der Waals surface area contributed by atoms with Crippen molar-refractivity contribution in [2.24, 2.45) is 0 Å². The number of carbonyl (C=O) groups is 2. The molecule has 2 fully saturated rings. The molecule has 3 amide bonds. The van der Waals surface area contributed by atoms with Gasteiger partial charge in [0.1, 0.15) is 0 Å². The summed E-state index contributed by atoms with van der Waals surface area (Å²) in [5, 5.41) is 10.1. The van der Waals surface area contributed by atoms with Gasteiger partial charge in [0.2, 0.25) is 0 Å². The highest BCUT2D eigenvalue weighted by atomic mass is 35.5. The molecule has 2 heterocycles. The van der Waals surface area contributed by atoms with Crippen LogP contribution in [0.3, 0.4) is 0 Å². The molecule has 0 aromatic heterocycles. The molecular weight excluding hydrogens is 426 g/mol. The SMILES string of the molecule is O=C1N(Cc2ccc(Cl)cc2)CCCN1c1cccc(C(=O)N2CCCCC2CCO)c1. The van der Waals surface area contributed by atoms with Crippen molar-refractivity contribution >= 4 is 29.2 Å². The molecule has 170 valence electrons. The first-order valence-corrected chi connectivity index (χ1v) is 11.8. The quantitative estimate of drug-likeness (QED) is 0.695. The van der Waals surface area contributed by atoms with Crippen LogP contribution in [0.1, 0.15) is 48.0 Å². The minimum absolute atomic E-state index is 0.0209. The number of likely N-dealkylation sites (tertiary alicyclic amines) is 1. The van der Waals surface area contributed by atoms with Gasteiger partial charge in [-0.15, -0.1) is 0 Å². The number of piperidine rings is 1. The molecule has 4 rings (SSSR count). The zero-order chi connectivity index (χ0) is 22.5. The number of halogens is 1. The van der Waals surface area contributed by atoms with Crippen LogP contribution in [0.25, 0.3) is 0 Å². The number of benzene rings is 2. The minimum atomic E-state index is -0.0491. The Hall–Kier alpha value is -2.57. The lowest BCUT2D eigenvalue weighted by Gasteiger charge is -2.37. The summed E-state index contributed by atoms with van der Waals surface area (Å²) in [6.45, 7) is 2.66. The molecule has 0 bridgehead atoms. The summed E-state index contributed by atoms with van der Waals surface area (Å²) in [6, 6.07) is 15.0. The molecule has 1 unspecified atom stereocenters. The molecule has 6 nitrogen and oxygen atoms in total. The van der Waals surface area contributed by atoms with Crippen molar-refractivity contribution in [3.8, 4) is 0 Å². The van der Waals surface area contributed by atoms with E-state index in [-0.39, 0.29) is 24.6 Å². The molecule has 2 saturated heterocycles. The number of carbonyl (C=O) groups excluding carboxylic acids is 2. The predicted octanol–water partition coefficient (Wildman–Crippen LogP) is 4.55. The van der Waals surface area contributed by atoms with Crippen LogP contribution in [0, 0.1) is 0 Å². The summed E-state index contributed by atoms with van der Waals surface area (Å²) in [5.74, 6) is -0.0209. The fourth-order valence-corrected chi connectivity index (χ4v) is 4.79. The molecule has 0 radical (unpaired) electrons. The van der Waals surface area contributed by atoms with Gasteiger partial charge in [-0.25, -0.2) is 4.79 Å². The van der Waals surface area contributed by atoms with Gasteiger partial charge in [0.05, 0.1) is 0 Å². The average Bonchev–Trinajstić information content (AvgIpc) is 2.82. The molecule has 0 aliphatic carbocycles. The van der Waals surface area contributed by atoms with E-state index in [2.05, 4.69) is 0 Å². The average molecular weight is 456 g/mol. The summed E-state index contributed by atoms with van der Waals surface area (Å²) < 4.78 is 0. The van der Waals surface area contributed by atoms with Crippen LogP contribution in [0.4, 0.5) is 10.5 Å². The summed E-state index contributed by atoms with van der Waals surface area (Å²) in [7, 11) is 0. The maximum absolute atomic E-state index is 13.3. The number of hydrogen-bond acceptors (Lipinski definition) is 3. The summed E-state index contributed by atoms with van der Waals surface area (Å²) >= 11 is 5.98. The highest BCUT2D eigenvalue weighted by molar-refractivity contribution is 6.30. The van der Waals surface area contributed by atoms with Crippen LogP contribution in [0.2, 0.25) is 5.02 Å². The van der Waals surface area contributed by atoms with Crippen molar-refractivity contribution in [1.29, 1.82) is 0 Å². The molecule has 0 saturated carbocycles. The molecule has 2 aliphatic rings. The second-order valence-electron chi connectivity index (χ2n) is 8.55. The number of rotatable bonds is 6. The molecule has 2 aliphatic heterocycles. The number of aliphatic hydroxyl groups is 1. The fraction of sp³-hybridized carbons (Fsp3) is 0.440. The van der Waals surface area contributed by atoms with Crippen molar-refractivity contribution in [2.75, 3.05) is 31.1 Å². The Morgan fingerprint density at radius 3 is 2.62 bits per heavy atom. The topological polar surface area (TPSA) is 64.1 Å². The number of anilines is 1. The lowest BCUT2D eigenvalue weighted by Crippen LogP contribution is -2.49. The molecule has 7 heteroatoms. The first-order valence-electron chi connectivity index (χ1n) is 11.4. The Morgan fingerprint density at radius 1 is 1.03 bits per heavy atom. The zero-order valence-corrected chi connectivity index (χ0v) is 19.0. The maximum Gasteiger partial charge on any atom is 0.324 e. The third kappa shape index (κ3) is 5.08. The predicted molar refractivity (Wildman–Crippen MR) is 126 cm³/mol. The molecule has 0 spiro atoms. The van der Waals surface area contributed by atoms with Gasteiger partial charge in [0, 0.05) is 55.1 Å². The van der Waals surface area contributed by atoms with Crippen LogP contribution in [0.15, 0.2) is 48.5 Å². The van der Waals surface area contributed by atoms with Crippen molar-refractivity contribution in [3.63, 3.8) is 0 Å². The minimum Gasteiger partial charge on any atom is -0.396 e. The number of urea groups is 1. The van der Waals surface area contributed by atoms with E-state index < -0.39 is 0 Å². The van der Waals surface area contributed by atoms with E-state index in [9.17, 15) is 14.7 Å². The van der Waals surface area contributed by atoms with Crippen LogP contribution >= 0.6 is 11.6 Å². The Bertz CT molecular complexity index is 948.